The number of benzene rings is 2. The van der Waals surface area contributed by atoms with E-state index in [0.717, 1.165) is 17.6 Å². The number of aromatic nitrogens is 1. The van der Waals surface area contributed by atoms with E-state index in [0.29, 0.717) is 19.5 Å². The third-order valence-corrected chi connectivity index (χ3v) is 4.45. The molecule has 4 nitrogen and oxygen atoms in total. The van der Waals surface area contributed by atoms with Gasteiger partial charge in [-0.2, -0.15) is 0 Å². The summed E-state index contributed by atoms with van der Waals surface area (Å²) in [6.07, 6.45) is 3.33. The van der Waals surface area contributed by atoms with Crippen LogP contribution in [0.15, 0.2) is 48.7 Å². The summed E-state index contributed by atoms with van der Waals surface area (Å²) >= 11 is 0. The Balaban J connectivity index is 1.42. The van der Waals surface area contributed by atoms with Crippen molar-refractivity contribution in [3.63, 3.8) is 0 Å². The van der Waals surface area contributed by atoms with E-state index in [2.05, 4.69) is 59.8 Å². The van der Waals surface area contributed by atoms with Gasteiger partial charge < -0.3 is 15.6 Å². The fourth-order valence-corrected chi connectivity index (χ4v) is 3.00. The molecular weight excluding hydrogens is 310 g/mol. The van der Waals surface area contributed by atoms with Crippen LogP contribution in [0.4, 0.5) is 5.69 Å². The fourth-order valence-electron chi connectivity index (χ4n) is 3.00. The lowest BCUT2D eigenvalue weighted by Gasteiger charge is -2.10. The third-order valence-electron chi connectivity index (χ3n) is 4.45. The molecule has 3 aromatic rings. The summed E-state index contributed by atoms with van der Waals surface area (Å²) in [6.45, 7) is 5.44. The Bertz CT molecular complexity index is 866. The van der Waals surface area contributed by atoms with Crippen molar-refractivity contribution in [3.8, 4) is 0 Å². The van der Waals surface area contributed by atoms with Crippen LogP contribution in [0.2, 0.25) is 0 Å². The summed E-state index contributed by atoms with van der Waals surface area (Å²) in [5.74, 6) is 0.0812. The second-order valence-corrected chi connectivity index (χ2v) is 6.45. The highest BCUT2D eigenvalue weighted by atomic mass is 16.1. The number of H-pyrrole nitrogens is 1. The van der Waals surface area contributed by atoms with Crippen molar-refractivity contribution in [2.24, 2.45) is 0 Å². The maximum Gasteiger partial charge on any atom is 0.221 e. The quantitative estimate of drug-likeness (QED) is 0.612. The average Bonchev–Trinajstić information content (AvgIpc) is 3.01. The van der Waals surface area contributed by atoms with Crippen molar-refractivity contribution in [1.82, 2.24) is 10.3 Å². The van der Waals surface area contributed by atoms with Crippen molar-refractivity contribution < 1.29 is 4.79 Å². The molecule has 25 heavy (non-hydrogen) atoms. The first-order valence-corrected chi connectivity index (χ1v) is 8.76. The lowest BCUT2D eigenvalue weighted by atomic mass is 10.1. The van der Waals surface area contributed by atoms with Gasteiger partial charge in [-0.1, -0.05) is 30.3 Å². The number of fused-ring (bicyclic) bond motifs is 1. The molecule has 1 amide bonds. The van der Waals surface area contributed by atoms with E-state index in [4.69, 9.17) is 0 Å². The molecule has 0 unspecified atom stereocenters. The molecule has 0 radical (unpaired) electrons. The SMILES string of the molecule is Cc1ccc(C)c(NCCC(=O)NCCc2c[nH]c3ccccc23)c1. The first kappa shape index (κ1) is 17.1. The fraction of sp³-hybridized carbons (Fsp3) is 0.286. The predicted octanol–water partition coefficient (Wildman–Crippen LogP) is 3.95. The summed E-state index contributed by atoms with van der Waals surface area (Å²) in [4.78, 5) is 15.3. The molecule has 0 aliphatic carbocycles. The smallest absolute Gasteiger partial charge is 0.221 e. The predicted molar refractivity (Wildman–Crippen MR) is 104 cm³/mol. The topological polar surface area (TPSA) is 56.9 Å². The Labute approximate surface area is 148 Å². The second kappa shape index (κ2) is 7.88. The molecule has 0 fully saturated rings. The number of para-hydroxylation sites is 1. The Morgan fingerprint density at radius 1 is 1.08 bits per heavy atom. The Morgan fingerprint density at radius 2 is 1.92 bits per heavy atom. The zero-order valence-electron chi connectivity index (χ0n) is 14.9. The van der Waals surface area contributed by atoms with E-state index in [9.17, 15) is 4.79 Å². The first-order chi connectivity index (χ1) is 12.1. The van der Waals surface area contributed by atoms with Crippen LogP contribution in [-0.2, 0) is 11.2 Å². The number of hydrogen-bond donors (Lipinski definition) is 3. The maximum absolute atomic E-state index is 12.0. The van der Waals surface area contributed by atoms with Crippen LogP contribution >= 0.6 is 0 Å². The molecule has 0 atom stereocenters. The van der Waals surface area contributed by atoms with Gasteiger partial charge in [0.05, 0.1) is 0 Å². The molecule has 0 saturated carbocycles. The lowest BCUT2D eigenvalue weighted by Crippen LogP contribution is -2.27. The number of amides is 1. The van der Waals surface area contributed by atoms with Gasteiger partial charge in [0.25, 0.3) is 0 Å². The molecule has 1 aromatic heterocycles. The Morgan fingerprint density at radius 3 is 2.80 bits per heavy atom. The van der Waals surface area contributed by atoms with Gasteiger partial charge in [0.15, 0.2) is 0 Å². The van der Waals surface area contributed by atoms with Gasteiger partial charge in [0.2, 0.25) is 5.91 Å². The van der Waals surface area contributed by atoms with E-state index in [1.54, 1.807) is 0 Å². The van der Waals surface area contributed by atoms with Crippen LogP contribution < -0.4 is 10.6 Å². The summed E-state index contributed by atoms with van der Waals surface area (Å²) in [5.41, 5.74) is 5.90. The third kappa shape index (κ3) is 4.41. The van der Waals surface area contributed by atoms with E-state index < -0.39 is 0 Å². The van der Waals surface area contributed by atoms with Gasteiger partial charge in [0.1, 0.15) is 0 Å². The second-order valence-electron chi connectivity index (χ2n) is 6.45. The molecule has 130 valence electrons. The number of rotatable bonds is 7. The molecule has 3 N–H and O–H groups in total. The Hall–Kier alpha value is -2.75. The van der Waals surface area contributed by atoms with E-state index in [1.165, 1.54) is 22.1 Å². The number of aromatic amines is 1. The molecule has 4 heteroatoms. The molecule has 0 saturated heterocycles. The van der Waals surface area contributed by atoms with Gasteiger partial charge in [0, 0.05) is 42.3 Å². The molecule has 0 spiro atoms. The number of nitrogens with one attached hydrogen (secondary N) is 3. The van der Waals surface area contributed by atoms with Crippen LogP contribution in [0.1, 0.15) is 23.1 Å². The molecule has 0 aliphatic heterocycles. The zero-order valence-corrected chi connectivity index (χ0v) is 14.9. The van der Waals surface area contributed by atoms with Crippen molar-refractivity contribution in [3.05, 3.63) is 65.4 Å². The van der Waals surface area contributed by atoms with Crippen molar-refractivity contribution in [2.45, 2.75) is 26.7 Å². The van der Waals surface area contributed by atoms with Crippen LogP contribution in [0.5, 0.6) is 0 Å². The summed E-state index contributed by atoms with van der Waals surface area (Å²) in [6, 6.07) is 14.5. The van der Waals surface area contributed by atoms with Crippen molar-refractivity contribution >= 4 is 22.5 Å². The zero-order chi connectivity index (χ0) is 17.6. The number of carbonyl (C=O) groups excluding carboxylic acids is 1. The number of anilines is 1. The van der Waals surface area contributed by atoms with Gasteiger partial charge >= 0.3 is 0 Å². The van der Waals surface area contributed by atoms with Crippen molar-refractivity contribution in [1.29, 1.82) is 0 Å². The van der Waals surface area contributed by atoms with Crippen LogP contribution in [-0.4, -0.2) is 24.0 Å². The molecule has 0 aliphatic rings. The number of carbonyl (C=O) groups is 1. The van der Waals surface area contributed by atoms with E-state index >= 15 is 0 Å². The lowest BCUT2D eigenvalue weighted by molar-refractivity contribution is -0.120. The molecule has 3 rings (SSSR count). The van der Waals surface area contributed by atoms with Gasteiger partial charge in [-0.25, -0.2) is 0 Å². The molecule has 1 heterocycles. The van der Waals surface area contributed by atoms with Gasteiger partial charge in [-0.15, -0.1) is 0 Å². The average molecular weight is 335 g/mol. The monoisotopic (exact) mass is 335 g/mol. The van der Waals surface area contributed by atoms with Crippen LogP contribution in [0.3, 0.4) is 0 Å². The van der Waals surface area contributed by atoms with Crippen LogP contribution in [0, 0.1) is 13.8 Å². The molecule has 2 aromatic carbocycles. The number of aryl methyl sites for hydroxylation is 2. The minimum absolute atomic E-state index is 0.0812. The summed E-state index contributed by atoms with van der Waals surface area (Å²) in [5, 5.41) is 7.58. The first-order valence-electron chi connectivity index (χ1n) is 8.76. The maximum atomic E-state index is 12.0. The van der Waals surface area contributed by atoms with Gasteiger partial charge in [-0.3, -0.25) is 4.79 Å². The summed E-state index contributed by atoms with van der Waals surface area (Å²) in [7, 11) is 0. The minimum Gasteiger partial charge on any atom is -0.384 e. The highest BCUT2D eigenvalue weighted by molar-refractivity contribution is 5.83. The number of hydrogen-bond acceptors (Lipinski definition) is 2. The highest BCUT2D eigenvalue weighted by Gasteiger charge is 2.05. The molecular formula is C21H25N3O. The van der Waals surface area contributed by atoms with E-state index in [1.807, 2.05) is 18.3 Å². The normalized spacial score (nSPS) is 10.8. The van der Waals surface area contributed by atoms with Crippen molar-refractivity contribution in [2.75, 3.05) is 18.4 Å². The van der Waals surface area contributed by atoms with E-state index in [-0.39, 0.29) is 5.91 Å². The minimum atomic E-state index is 0.0812. The highest BCUT2D eigenvalue weighted by Crippen LogP contribution is 2.18. The standard InChI is InChI=1S/C21H25N3O/c1-15-7-8-16(2)20(13-15)22-12-10-21(25)23-11-9-17-14-24-19-6-4-3-5-18(17)19/h3-8,13-14,22,24H,9-12H2,1-2H3,(H,23,25). The Kier molecular flexibility index (Phi) is 5.39. The summed E-state index contributed by atoms with van der Waals surface area (Å²) < 4.78 is 0. The largest absolute Gasteiger partial charge is 0.384 e. The molecule has 0 bridgehead atoms. The van der Waals surface area contributed by atoms with Crippen LogP contribution in [0.25, 0.3) is 10.9 Å². The van der Waals surface area contributed by atoms with Gasteiger partial charge in [-0.05, 0) is 49.1 Å².